The van der Waals surface area contributed by atoms with Crippen LogP contribution in [0.15, 0.2) is 11.8 Å². The van der Waals surface area contributed by atoms with Gasteiger partial charge >= 0.3 is 0 Å². The molecule has 6 nitrogen and oxygen atoms in total. The molecule has 0 aliphatic carbocycles. The molecule has 0 atom stereocenters. The van der Waals surface area contributed by atoms with Gasteiger partial charge < -0.3 is 20.8 Å². The van der Waals surface area contributed by atoms with E-state index in [1.54, 1.807) is 18.3 Å². The van der Waals surface area contributed by atoms with Gasteiger partial charge in [-0.25, -0.2) is 0 Å². The first kappa shape index (κ1) is 15.1. The summed E-state index contributed by atoms with van der Waals surface area (Å²) in [5, 5.41) is 7.31. The van der Waals surface area contributed by atoms with Crippen molar-refractivity contribution in [2.45, 2.75) is 20.1 Å². The molecular weight excluding hydrogens is 300 g/mol. The van der Waals surface area contributed by atoms with Gasteiger partial charge in [-0.1, -0.05) is 0 Å². The zero-order valence-corrected chi connectivity index (χ0v) is 13.4. The van der Waals surface area contributed by atoms with Gasteiger partial charge in [-0.3, -0.25) is 9.69 Å². The van der Waals surface area contributed by atoms with Crippen LogP contribution in [0.5, 0.6) is 0 Å². The Morgan fingerprint density at radius 3 is 2.82 bits per heavy atom. The zero-order valence-electron chi connectivity index (χ0n) is 12.6. The Kier molecular flexibility index (Phi) is 4.17. The summed E-state index contributed by atoms with van der Waals surface area (Å²) in [5.74, 6) is 0.604. The molecule has 1 saturated heterocycles. The Bertz CT molecular complexity index is 629. The average Bonchev–Trinajstić information content (AvgIpc) is 2.92. The largest absolute Gasteiger partial charge is 0.484 e. The number of allylic oxidation sites excluding steroid dienone is 1. The zero-order chi connectivity index (χ0) is 15.7. The van der Waals surface area contributed by atoms with Crippen molar-refractivity contribution in [1.29, 1.82) is 5.41 Å². The molecule has 0 aromatic carbocycles. The molecule has 0 bridgehead atoms. The lowest BCUT2D eigenvalue weighted by Crippen LogP contribution is -2.47. The molecule has 3 rings (SSSR count). The maximum atomic E-state index is 11.4. The van der Waals surface area contributed by atoms with Crippen molar-refractivity contribution in [3.63, 3.8) is 0 Å². The smallest absolute Gasteiger partial charge is 0.219 e. The van der Waals surface area contributed by atoms with Crippen LogP contribution in [0.1, 0.15) is 22.2 Å². The number of thiophene rings is 1. The van der Waals surface area contributed by atoms with Crippen LogP contribution in [-0.2, 0) is 22.7 Å². The average molecular weight is 320 g/mol. The molecule has 2 aliphatic heterocycles. The summed E-state index contributed by atoms with van der Waals surface area (Å²) < 4.78 is 5.47. The Balaban J connectivity index is 1.67. The van der Waals surface area contributed by atoms with E-state index in [0.717, 1.165) is 49.4 Å². The molecule has 0 spiro atoms. The van der Waals surface area contributed by atoms with Gasteiger partial charge in [-0.05, 0) is 6.07 Å². The second kappa shape index (κ2) is 6.10. The summed E-state index contributed by atoms with van der Waals surface area (Å²) in [6, 6.07) is 2.11. The van der Waals surface area contributed by atoms with E-state index in [1.807, 2.05) is 4.90 Å². The predicted molar refractivity (Wildman–Crippen MR) is 86.5 cm³/mol. The van der Waals surface area contributed by atoms with Gasteiger partial charge in [0.25, 0.3) is 0 Å². The number of hydrogen-bond donors (Lipinski definition) is 2. The molecule has 118 valence electrons. The van der Waals surface area contributed by atoms with Gasteiger partial charge in [0.15, 0.2) is 5.76 Å². The third-order valence-corrected chi connectivity index (χ3v) is 5.20. The van der Waals surface area contributed by atoms with Crippen molar-refractivity contribution in [3.8, 4) is 0 Å². The second-order valence-corrected chi connectivity index (χ2v) is 6.76. The second-order valence-electron chi connectivity index (χ2n) is 5.54. The SMILES string of the molecule is CC(=O)N1CCN(Cc2cc3c(s2)COC(C=N)=C3N)CC1. The van der Waals surface area contributed by atoms with Crippen LogP contribution < -0.4 is 5.73 Å². The third-order valence-electron chi connectivity index (χ3n) is 4.10. The number of ether oxygens (including phenoxy) is 1. The molecule has 0 saturated carbocycles. The lowest BCUT2D eigenvalue weighted by atomic mass is 10.1. The summed E-state index contributed by atoms with van der Waals surface area (Å²) in [6.07, 6.45) is 1.16. The fourth-order valence-corrected chi connectivity index (χ4v) is 3.95. The molecule has 3 heterocycles. The minimum Gasteiger partial charge on any atom is -0.484 e. The third kappa shape index (κ3) is 2.86. The van der Waals surface area contributed by atoms with Crippen molar-refractivity contribution in [2.75, 3.05) is 26.2 Å². The number of hydrogen-bond acceptors (Lipinski definition) is 6. The summed E-state index contributed by atoms with van der Waals surface area (Å²) in [7, 11) is 0. The Hall–Kier alpha value is -1.86. The number of amides is 1. The first-order valence-electron chi connectivity index (χ1n) is 7.31. The van der Waals surface area contributed by atoms with E-state index < -0.39 is 0 Å². The van der Waals surface area contributed by atoms with Crippen LogP contribution in [0, 0.1) is 5.41 Å². The number of fused-ring (bicyclic) bond motifs is 1. The van der Waals surface area contributed by atoms with Gasteiger partial charge in [0.2, 0.25) is 5.91 Å². The highest BCUT2D eigenvalue weighted by atomic mass is 32.1. The van der Waals surface area contributed by atoms with Crippen molar-refractivity contribution in [2.24, 2.45) is 5.73 Å². The molecule has 7 heteroatoms. The maximum absolute atomic E-state index is 11.4. The fraction of sp³-hybridized carbons (Fsp3) is 0.467. The first-order valence-corrected chi connectivity index (χ1v) is 8.13. The van der Waals surface area contributed by atoms with Gasteiger partial charge in [0.05, 0.1) is 16.8 Å². The van der Waals surface area contributed by atoms with E-state index in [0.29, 0.717) is 18.1 Å². The molecule has 1 aromatic rings. The van der Waals surface area contributed by atoms with E-state index in [2.05, 4.69) is 11.0 Å². The van der Waals surface area contributed by atoms with E-state index >= 15 is 0 Å². The fourth-order valence-electron chi connectivity index (χ4n) is 2.81. The van der Waals surface area contributed by atoms with E-state index in [-0.39, 0.29) is 5.91 Å². The highest BCUT2D eigenvalue weighted by Gasteiger charge is 2.23. The van der Waals surface area contributed by atoms with E-state index in [1.165, 1.54) is 4.88 Å². The highest BCUT2D eigenvalue weighted by molar-refractivity contribution is 7.12. The molecular formula is C15H20N4O2S. The van der Waals surface area contributed by atoms with Crippen LogP contribution >= 0.6 is 11.3 Å². The minimum absolute atomic E-state index is 0.153. The molecule has 3 N–H and O–H groups in total. The summed E-state index contributed by atoms with van der Waals surface area (Å²) in [6.45, 7) is 6.37. The Morgan fingerprint density at radius 1 is 1.45 bits per heavy atom. The van der Waals surface area contributed by atoms with Crippen molar-refractivity contribution in [1.82, 2.24) is 9.80 Å². The van der Waals surface area contributed by atoms with Crippen molar-refractivity contribution < 1.29 is 9.53 Å². The van der Waals surface area contributed by atoms with Crippen LogP contribution in [0.2, 0.25) is 0 Å². The van der Waals surface area contributed by atoms with Gasteiger partial charge in [-0.15, -0.1) is 11.3 Å². The molecule has 1 fully saturated rings. The molecule has 0 unspecified atom stereocenters. The normalized spacial score (nSPS) is 18.9. The lowest BCUT2D eigenvalue weighted by molar-refractivity contribution is -0.130. The summed E-state index contributed by atoms with van der Waals surface area (Å²) in [5.41, 5.74) is 7.61. The number of carbonyl (C=O) groups excluding carboxylic acids is 1. The molecule has 0 radical (unpaired) electrons. The van der Waals surface area contributed by atoms with E-state index in [9.17, 15) is 4.79 Å². The number of piperazine rings is 1. The Labute approximate surface area is 133 Å². The van der Waals surface area contributed by atoms with Crippen LogP contribution in [0.25, 0.3) is 5.70 Å². The Morgan fingerprint density at radius 2 is 2.18 bits per heavy atom. The quantitative estimate of drug-likeness (QED) is 0.820. The molecule has 1 aromatic heterocycles. The van der Waals surface area contributed by atoms with Gasteiger partial charge in [0.1, 0.15) is 6.61 Å². The molecule has 2 aliphatic rings. The number of nitrogens with one attached hydrogen (secondary N) is 1. The highest BCUT2D eigenvalue weighted by Crippen LogP contribution is 2.33. The number of nitrogens with zero attached hydrogens (tertiary/aromatic N) is 2. The maximum Gasteiger partial charge on any atom is 0.219 e. The molecule has 22 heavy (non-hydrogen) atoms. The number of carbonyl (C=O) groups is 1. The summed E-state index contributed by atoms with van der Waals surface area (Å²) >= 11 is 1.72. The monoisotopic (exact) mass is 320 g/mol. The van der Waals surface area contributed by atoms with Gasteiger partial charge in [-0.2, -0.15) is 0 Å². The van der Waals surface area contributed by atoms with Gasteiger partial charge in [0, 0.05) is 50.1 Å². The van der Waals surface area contributed by atoms with Crippen molar-refractivity contribution in [3.05, 3.63) is 27.1 Å². The minimum atomic E-state index is 0.153. The van der Waals surface area contributed by atoms with Crippen LogP contribution in [0.4, 0.5) is 0 Å². The first-order chi connectivity index (χ1) is 10.6. The van der Waals surface area contributed by atoms with Crippen LogP contribution in [-0.4, -0.2) is 48.1 Å². The number of nitrogens with two attached hydrogens (primary N) is 1. The standard InChI is InChI=1S/C15H20N4O2S/c1-10(20)19-4-2-18(3-5-19)8-11-6-12-14(22-11)9-21-13(7-16)15(12)17/h6-7,16H,2-5,8-9,17H2,1H3. The lowest BCUT2D eigenvalue weighted by Gasteiger charge is -2.33. The molecule has 1 amide bonds. The van der Waals surface area contributed by atoms with E-state index in [4.69, 9.17) is 15.9 Å². The number of rotatable bonds is 3. The van der Waals surface area contributed by atoms with Crippen LogP contribution in [0.3, 0.4) is 0 Å². The summed E-state index contributed by atoms with van der Waals surface area (Å²) in [4.78, 5) is 18.0. The van der Waals surface area contributed by atoms with Crippen molar-refractivity contribution >= 4 is 29.2 Å². The topological polar surface area (TPSA) is 82.7 Å². The predicted octanol–water partition coefficient (Wildman–Crippen LogP) is 1.22.